The summed E-state index contributed by atoms with van der Waals surface area (Å²) in [4.78, 5) is 49.0. The van der Waals surface area contributed by atoms with E-state index in [0.717, 1.165) is 54.9 Å². The number of carbonyl (C=O) groups excluding carboxylic acids is 3. The minimum atomic E-state index is -0.369. The highest BCUT2D eigenvalue weighted by atomic mass is 16.5. The molecule has 1 unspecified atom stereocenters. The molecule has 1 atom stereocenters. The first kappa shape index (κ1) is 33.0. The molecule has 2 aromatic carbocycles. The van der Waals surface area contributed by atoms with Crippen molar-refractivity contribution in [1.29, 1.82) is 0 Å². The average molecular weight is 713 g/mol. The van der Waals surface area contributed by atoms with Crippen molar-refractivity contribution >= 4 is 40.1 Å². The summed E-state index contributed by atoms with van der Waals surface area (Å²) < 4.78 is 8.18. The van der Waals surface area contributed by atoms with Crippen molar-refractivity contribution in [2.45, 2.75) is 56.5 Å². The number of aromatic hydroxyl groups is 1. The Morgan fingerprint density at radius 1 is 0.868 bits per heavy atom. The molecule has 5 aromatic rings. The molecular weight excluding hydrogens is 672 g/mol. The second-order valence-corrected chi connectivity index (χ2v) is 14.3. The van der Waals surface area contributed by atoms with Crippen LogP contribution in [0.2, 0.25) is 0 Å². The van der Waals surface area contributed by atoms with Crippen LogP contribution in [0.15, 0.2) is 79.1 Å². The van der Waals surface area contributed by atoms with Gasteiger partial charge >= 0.3 is 0 Å². The van der Waals surface area contributed by atoms with E-state index in [0.29, 0.717) is 73.6 Å². The van der Waals surface area contributed by atoms with E-state index in [1.165, 1.54) is 5.56 Å². The molecule has 3 aliphatic heterocycles. The standard InChI is InChI=1S/C40H40N8O5/c49-35-7-2-1-4-29(35)31-22-34-30(43-44-31)16-17-48(34)36-14-12-27(23-41-36)46-19-18-45(24-38(46)51)26-10-8-25(9-11-26)28-5-3-6-32-39(28)53-21-20-47(32)33-13-15-37(50)42-40(33)52/h1-7,12,14,16-17,22-23,25-26,33,49H,8-11,13,15,18-21,24H2,(H,42,50,52). The van der Waals surface area contributed by atoms with Crippen LogP contribution >= 0.6 is 0 Å². The Kier molecular flexibility index (Phi) is 8.49. The Bertz CT molecular complexity index is 2210. The number of phenolic OH excluding ortho intramolecular Hbond substituents is 1. The summed E-state index contributed by atoms with van der Waals surface area (Å²) in [5, 5.41) is 21.5. The fourth-order valence-corrected chi connectivity index (χ4v) is 8.58. The van der Waals surface area contributed by atoms with E-state index in [4.69, 9.17) is 9.72 Å². The summed E-state index contributed by atoms with van der Waals surface area (Å²) in [5.74, 6) is 1.67. The molecule has 6 heterocycles. The summed E-state index contributed by atoms with van der Waals surface area (Å²) in [6.07, 6.45) is 8.49. The predicted molar refractivity (Wildman–Crippen MR) is 198 cm³/mol. The second-order valence-electron chi connectivity index (χ2n) is 14.3. The maximum atomic E-state index is 13.5. The maximum absolute atomic E-state index is 13.5. The normalized spacial score (nSPS) is 22.4. The van der Waals surface area contributed by atoms with Crippen LogP contribution in [-0.2, 0) is 14.4 Å². The van der Waals surface area contributed by atoms with E-state index in [9.17, 15) is 19.5 Å². The summed E-state index contributed by atoms with van der Waals surface area (Å²) in [6, 6.07) is 20.9. The van der Waals surface area contributed by atoms with E-state index in [1.807, 2.05) is 52.1 Å². The number of rotatable bonds is 6. The molecule has 2 N–H and O–H groups in total. The Morgan fingerprint density at radius 2 is 1.74 bits per heavy atom. The number of anilines is 2. The number of benzene rings is 2. The Labute approximate surface area is 306 Å². The number of hydrogen-bond acceptors (Lipinski definition) is 10. The van der Waals surface area contributed by atoms with E-state index in [-0.39, 0.29) is 29.5 Å². The van der Waals surface area contributed by atoms with Crippen LogP contribution in [0.1, 0.15) is 50.0 Å². The van der Waals surface area contributed by atoms with E-state index < -0.39 is 0 Å². The number of nitrogens with one attached hydrogen (secondary N) is 1. The molecule has 13 heteroatoms. The molecule has 0 spiro atoms. The molecule has 9 rings (SSSR count). The number of carbonyl (C=O) groups is 3. The van der Waals surface area contributed by atoms with Gasteiger partial charge in [-0.1, -0.05) is 24.3 Å². The number of piperazine rings is 1. The van der Waals surface area contributed by atoms with Gasteiger partial charge in [-0.3, -0.25) is 29.2 Å². The number of piperidine rings is 1. The first-order valence-electron chi connectivity index (χ1n) is 18.4. The van der Waals surface area contributed by atoms with Crippen molar-refractivity contribution in [2.24, 2.45) is 0 Å². The van der Waals surface area contributed by atoms with Gasteiger partial charge in [-0.2, -0.15) is 0 Å². The molecule has 0 radical (unpaired) electrons. The topological polar surface area (TPSA) is 146 Å². The number of ether oxygens (including phenoxy) is 1. The molecule has 13 nitrogen and oxygen atoms in total. The fraction of sp³-hybridized carbons (Fsp3) is 0.350. The maximum Gasteiger partial charge on any atom is 0.249 e. The third-order valence-corrected chi connectivity index (χ3v) is 11.3. The number of phenols is 1. The lowest BCUT2D eigenvalue weighted by atomic mass is 9.80. The third-order valence-electron chi connectivity index (χ3n) is 11.3. The van der Waals surface area contributed by atoms with E-state index in [1.54, 1.807) is 24.4 Å². The van der Waals surface area contributed by atoms with Crippen molar-refractivity contribution in [3.8, 4) is 28.6 Å². The van der Waals surface area contributed by atoms with Crippen LogP contribution in [0.4, 0.5) is 11.4 Å². The van der Waals surface area contributed by atoms with E-state index >= 15 is 0 Å². The average Bonchev–Trinajstić information content (AvgIpc) is 3.61. The van der Waals surface area contributed by atoms with Crippen LogP contribution in [0.3, 0.4) is 0 Å². The van der Waals surface area contributed by atoms with Crippen LogP contribution < -0.4 is 19.9 Å². The van der Waals surface area contributed by atoms with E-state index in [2.05, 4.69) is 37.4 Å². The molecule has 0 bridgehead atoms. The molecule has 4 aliphatic rings. The number of para-hydroxylation sites is 2. The van der Waals surface area contributed by atoms with Crippen molar-refractivity contribution in [3.63, 3.8) is 0 Å². The monoisotopic (exact) mass is 712 g/mol. The van der Waals surface area contributed by atoms with Crippen LogP contribution in [0, 0.1) is 0 Å². The van der Waals surface area contributed by atoms with Crippen molar-refractivity contribution in [1.82, 2.24) is 30.0 Å². The number of fused-ring (bicyclic) bond motifs is 2. The van der Waals surface area contributed by atoms with Gasteiger partial charge in [-0.05, 0) is 86.1 Å². The molecule has 3 amide bonds. The zero-order valence-electron chi connectivity index (χ0n) is 29.2. The van der Waals surface area contributed by atoms with Crippen LogP contribution in [-0.4, -0.2) is 92.3 Å². The number of amides is 3. The van der Waals surface area contributed by atoms with Gasteiger partial charge < -0.3 is 19.6 Å². The van der Waals surface area contributed by atoms with Crippen molar-refractivity contribution in [3.05, 3.63) is 84.7 Å². The summed E-state index contributed by atoms with van der Waals surface area (Å²) in [6.45, 7) is 2.88. The van der Waals surface area contributed by atoms with Gasteiger partial charge in [0.2, 0.25) is 17.7 Å². The predicted octanol–water partition coefficient (Wildman–Crippen LogP) is 4.57. The highest BCUT2D eigenvalue weighted by molar-refractivity contribution is 6.02. The minimum absolute atomic E-state index is 0.0704. The number of imide groups is 1. The number of hydrogen-bond donors (Lipinski definition) is 2. The number of nitrogens with zero attached hydrogens (tertiary/aromatic N) is 7. The highest BCUT2D eigenvalue weighted by Crippen LogP contribution is 2.45. The van der Waals surface area contributed by atoms with Gasteiger partial charge in [0.25, 0.3) is 0 Å². The Balaban J connectivity index is 0.836. The quantitative estimate of drug-likeness (QED) is 0.240. The highest BCUT2D eigenvalue weighted by Gasteiger charge is 2.37. The molecule has 270 valence electrons. The van der Waals surface area contributed by atoms with Crippen LogP contribution in [0.5, 0.6) is 11.5 Å². The lowest BCUT2D eigenvalue weighted by Gasteiger charge is -2.42. The van der Waals surface area contributed by atoms with Crippen LogP contribution in [0.25, 0.3) is 28.1 Å². The fourth-order valence-electron chi connectivity index (χ4n) is 8.58. The first-order chi connectivity index (χ1) is 25.9. The van der Waals surface area contributed by atoms with Gasteiger partial charge in [0.05, 0.1) is 41.9 Å². The summed E-state index contributed by atoms with van der Waals surface area (Å²) in [5.41, 5.74) is 5.59. The first-order valence-corrected chi connectivity index (χ1v) is 18.4. The van der Waals surface area contributed by atoms with Gasteiger partial charge in [-0.25, -0.2) is 4.98 Å². The molecule has 2 saturated heterocycles. The summed E-state index contributed by atoms with van der Waals surface area (Å²) in [7, 11) is 0. The third kappa shape index (κ3) is 6.14. The molecule has 53 heavy (non-hydrogen) atoms. The smallest absolute Gasteiger partial charge is 0.249 e. The van der Waals surface area contributed by atoms with Gasteiger partial charge in [-0.15, -0.1) is 10.2 Å². The number of aromatic nitrogens is 4. The largest absolute Gasteiger partial charge is 0.507 e. The number of pyridine rings is 1. The molecule has 3 aromatic heterocycles. The zero-order chi connectivity index (χ0) is 36.1. The Morgan fingerprint density at radius 3 is 2.53 bits per heavy atom. The van der Waals surface area contributed by atoms with Gasteiger partial charge in [0, 0.05) is 37.3 Å². The summed E-state index contributed by atoms with van der Waals surface area (Å²) >= 11 is 0. The second kappa shape index (κ2) is 13.6. The lowest BCUT2D eigenvalue weighted by molar-refractivity contribution is -0.134. The molecule has 3 fully saturated rings. The lowest BCUT2D eigenvalue weighted by Crippen LogP contribution is -2.54. The van der Waals surface area contributed by atoms with Crippen molar-refractivity contribution < 1.29 is 24.2 Å². The SMILES string of the molecule is O=C1CCC(N2CCOc3c(C4CCC(N5CCN(c6ccc(-n7ccc8nnc(-c9ccccc9O)cc87)nc6)C(=O)C5)CC4)cccc32)C(=O)N1. The Hall–Kier alpha value is -5.82. The minimum Gasteiger partial charge on any atom is -0.507 e. The van der Waals surface area contributed by atoms with Gasteiger partial charge in [0.15, 0.2) is 0 Å². The molecular formula is C40H40N8O5. The molecule has 1 saturated carbocycles. The van der Waals surface area contributed by atoms with Gasteiger partial charge in [0.1, 0.15) is 35.5 Å². The van der Waals surface area contributed by atoms with Crippen molar-refractivity contribution in [2.75, 3.05) is 42.6 Å². The molecule has 1 aliphatic carbocycles. The zero-order valence-corrected chi connectivity index (χ0v) is 29.2.